The Bertz CT molecular complexity index is 569. The van der Waals surface area contributed by atoms with Crippen LogP contribution in [-0.4, -0.2) is 25.7 Å². The van der Waals surface area contributed by atoms with Crippen molar-refractivity contribution in [1.82, 2.24) is 0 Å². The first kappa shape index (κ1) is 12.2. The normalized spacial score (nSPS) is 10.8. The molecule has 0 saturated carbocycles. The highest BCUT2D eigenvalue weighted by Gasteiger charge is 2.13. The number of hydrogen-bond donors (Lipinski definition) is 1. The number of carbonyl (C=O) groups is 1. The van der Waals surface area contributed by atoms with Gasteiger partial charge in [0.25, 0.3) is 0 Å². The predicted molar refractivity (Wildman–Crippen MR) is 55.8 cm³/mol. The predicted octanol–water partition coefficient (Wildman–Crippen LogP) is 0.854. The number of hydrogen-bond acceptors (Lipinski definition) is 4. The summed E-state index contributed by atoms with van der Waals surface area (Å²) < 4.78 is 22.6. The standard InChI is InChI=1S/C10H9NO4S/c1-16(14,15)9-5-7(2-3-11)4-8(6-9)10(12)13/h4-6H,2H2,1H3,(H,12,13). The van der Waals surface area contributed by atoms with Gasteiger partial charge in [0.05, 0.1) is 22.9 Å². The van der Waals surface area contributed by atoms with Gasteiger partial charge in [-0.25, -0.2) is 13.2 Å². The molecule has 0 unspecified atom stereocenters. The fourth-order valence-corrected chi connectivity index (χ4v) is 1.90. The molecule has 16 heavy (non-hydrogen) atoms. The summed E-state index contributed by atoms with van der Waals surface area (Å²) >= 11 is 0. The number of aromatic carboxylic acids is 1. The highest BCUT2D eigenvalue weighted by atomic mass is 32.2. The molecule has 1 aromatic carbocycles. The zero-order chi connectivity index (χ0) is 12.3. The van der Waals surface area contributed by atoms with E-state index in [0.29, 0.717) is 5.56 Å². The first-order valence-corrected chi connectivity index (χ1v) is 6.18. The summed E-state index contributed by atoms with van der Waals surface area (Å²) in [6.07, 6.45) is 0.966. The van der Waals surface area contributed by atoms with Crippen molar-refractivity contribution in [3.8, 4) is 6.07 Å². The lowest BCUT2D eigenvalue weighted by molar-refractivity contribution is 0.0696. The van der Waals surface area contributed by atoms with Crippen LogP contribution in [0.5, 0.6) is 0 Å². The summed E-state index contributed by atoms with van der Waals surface area (Å²) in [7, 11) is -3.47. The molecule has 1 rings (SSSR count). The molecule has 6 heteroatoms. The van der Waals surface area contributed by atoms with Gasteiger partial charge in [0, 0.05) is 6.26 Å². The average Bonchev–Trinajstić information content (AvgIpc) is 2.16. The Balaban J connectivity index is 3.43. The molecular weight excluding hydrogens is 230 g/mol. The maximum Gasteiger partial charge on any atom is 0.335 e. The molecule has 1 aromatic rings. The molecule has 0 bridgehead atoms. The lowest BCUT2D eigenvalue weighted by Crippen LogP contribution is -2.04. The van der Waals surface area contributed by atoms with Crippen LogP contribution in [0.3, 0.4) is 0 Å². The third-order valence-electron chi connectivity index (χ3n) is 1.92. The second kappa shape index (κ2) is 4.33. The molecule has 0 aliphatic heterocycles. The lowest BCUT2D eigenvalue weighted by atomic mass is 10.1. The zero-order valence-electron chi connectivity index (χ0n) is 8.47. The van der Waals surface area contributed by atoms with E-state index >= 15 is 0 Å². The SMILES string of the molecule is CS(=O)(=O)c1cc(CC#N)cc(C(=O)O)c1. The molecule has 1 N–H and O–H groups in total. The van der Waals surface area contributed by atoms with Gasteiger partial charge in [-0.1, -0.05) is 0 Å². The topological polar surface area (TPSA) is 95.2 Å². The van der Waals surface area contributed by atoms with Crippen LogP contribution in [0.25, 0.3) is 0 Å². The van der Waals surface area contributed by atoms with Crippen LogP contribution < -0.4 is 0 Å². The molecule has 0 aliphatic carbocycles. The van der Waals surface area contributed by atoms with Crippen molar-refractivity contribution in [1.29, 1.82) is 5.26 Å². The molecule has 84 valence electrons. The molecule has 0 spiro atoms. The Hall–Kier alpha value is -1.87. The molecular formula is C10H9NO4S. The van der Waals surface area contributed by atoms with Gasteiger partial charge >= 0.3 is 5.97 Å². The highest BCUT2D eigenvalue weighted by molar-refractivity contribution is 7.90. The third kappa shape index (κ3) is 2.81. The molecule has 0 heterocycles. The minimum absolute atomic E-state index is 0.0242. The first-order chi connectivity index (χ1) is 7.34. The van der Waals surface area contributed by atoms with Gasteiger partial charge in [-0.15, -0.1) is 0 Å². The van der Waals surface area contributed by atoms with E-state index < -0.39 is 15.8 Å². The maximum absolute atomic E-state index is 11.3. The number of nitrogens with zero attached hydrogens (tertiary/aromatic N) is 1. The van der Waals surface area contributed by atoms with Crippen molar-refractivity contribution in [2.75, 3.05) is 6.26 Å². The summed E-state index contributed by atoms with van der Waals surface area (Å²) in [5, 5.41) is 17.3. The first-order valence-electron chi connectivity index (χ1n) is 4.29. The van der Waals surface area contributed by atoms with Gasteiger partial charge in [-0.05, 0) is 23.8 Å². The van der Waals surface area contributed by atoms with E-state index in [1.54, 1.807) is 0 Å². The van der Waals surface area contributed by atoms with Crippen molar-refractivity contribution in [2.45, 2.75) is 11.3 Å². The Labute approximate surface area is 92.9 Å². The molecule has 5 nitrogen and oxygen atoms in total. The lowest BCUT2D eigenvalue weighted by Gasteiger charge is -2.03. The number of carboxylic acid groups (broad SMARTS) is 1. The quantitative estimate of drug-likeness (QED) is 0.843. The number of benzene rings is 1. The van der Waals surface area contributed by atoms with Gasteiger partial charge in [-0.3, -0.25) is 0 Å². The van der Waals surface area contributed by atoms with Gasteiger partial charge < -0.3 is 5.11 Å². The molecule has 0 atom stereocenters. The summed E-state index contributed by atoms with van der Waals surface area (Å²) in [6, 6.07) is 5.53. The van der Waals surface area contributed by atoms with Crippen LogP contribution >= 0.6 is 0 Å². The number of nitriles is 1. The number of carboxylic acids is 1. The van der Waals surface area contributed by atoms with E-state index in [-0.39, 0.29) is 16.9 Å². The Morgan fingerprint density at radius 2 is 2.06 bits per heavy atom. The average molecular weight is 239 g/mol. The van der Waals surface area contributed by atoms with Crippen molar-refractivity contribution in [3.63, 3.8) is 0 Å². The molecule has 0 aliphatic rings. The monoisotopic (exact) mass is 239 g/mol. The van der Waals surface area contributed by atoms with Crippen molar-refractivity contribution < 1.29 is 18.3 Å². The van der Waals surface area contributed by atoms with Crippen molar-refractivity contribution in [3.05, 3.63) is 29.3 Å². The maximum atomic E-state index is 11.3. The molecule has 0 aromatic heterocycles. The Morgan fingerprint density at radius 1 is 1.44 bits per heavy atom. The summed E-state index contributed by atoms with van der Waals surface area (Å²) in [5.74, 6) is -1.22. The minimum Gasteiger partial charge on any atom is -0.478 e. The van der Waals surface area contributed by atoms with Gasteiger partial charge in [-0.2, -0.15) is 5.26 Å². The second-order valence-electron chi connectivity index (χ2n) is 3.28. The van der Waals surface area contributed by atoms with Gasteiger partial charge in [0.15, 0.2) is 9.84 Å². The largest absolute Gasteiger partial charge is 0.478 e. The smallest absolute Gasteiger partial charge is 0.335 e. The van der Waals surface area contributed by atoms with Crippen LogP contribution in [0, 0.1) is 11.3 Å². The fraction of sp³-hybridized carbons (Fsp3) is 0.200. The highest BCUT2D eigenvalue weighted by Crippen LogP contribution is 2.15. The number of sulfone groups is 1. The van der Waals surface area contributed by atoms with E-state index in [1.165, 1.54) is 12.1 Å². The van der Waals surface area contributed by atoms with Crippen LogP contribution in [0.15, 0.2) is 23.1 Å². The third-order valence-corrected chi connectivity index (χ3v) is 3.02. The van der Waals surface area contributed by atoms with E-state index in [0.717, 1.165) is 12.3 Å². The summed E-state index contributed by atoms with van der Waals surface area (Å²) in [4.78, 5) is 10.7. The fourth-order valence-electron chi connectivity index (χ4n) is 1.19. The van der Waals surface area contributed by atoms with Crippen LogP contribution in [-0.2, 0) is 16.3 Å². The second-order valence-corrected chi connectivity index (χ2v) is 5.29. The van der Waals surface area contributed by atoms with Crippen LogP contribution in [0.4, 0.5) is 0 Å². The molecule has 0 radical (unpaired) electrons. The van der Waals surface area contributed by atoms with E-state index in [9.17, 15) is 13.2 Å². The zero-order valence-corrected chi connectivity index (χ0v) is 9.28. The van der Waals surface area contributed by atoms with Crippen molar-refractivity contribution >= 4 is 15.8 Å². The van der Waals surface area contributed by atoms with E-state index in [1.807, 2.05) is 6.07 Å². The van der Waals surface area contributed by atoms with Gasteiger partial charge in [0.2, 0.25) is 0 Å². The summed E-state index contributed by atoms with van der Waals surface area (Å²) in [5.41, 5.74) is 0.246. The molecule has 0 amide bonds. The Kier molecular flexibility index (Phi) is 3.30. The van der Waals surface area contributed by atoms with E-state index in [4.69, 9.17) is 10.4 Å². The molecule has 0 fully saturated rings. The molecule has 0 saturated heterocycles. The van der Waals surface area contributed by atoms with Crippen molar-refractivity contribution in [2.24, 2.45) is 0 Å². The van der Waals surface area contributed by atoms with Crippen LogP contribution in [0.2, 0.25) is 0 Å². The van der Waals surface area contributed by atoms with Gasteiger partial charge in [0.1, 0.15) is 0 Å². The van der Waals surface area contributed by atoms with E-state index in [2.05, 4.69) is 0 Å². The van der Waals surface area contributed by atoms with Crippen LogP contribution in [0.1, 0.15) is 15.9 Å². The number of rotatable bonds is 3. The summed E-state index contributed by atoms with van der Waals surface area (Å²) in [6.45, 7) is 0. The Morgan fingerprint density at radius 3 is 2.50 bits per heavy atom. The minimum atomic E-state index is -3.47.